The van der Waals surface area contributed by atoms with Crippen molar-refractivity contribution in [1.82, 2.24) is 0 Å². The highest BCUT2D eigenvalue weighted by Gasteiger charge is 2.49. The molecular formula is C17H13ClN2O5. The van der Waals surface area contributed by atoms with Gasteiger partial charge >= 0.3 is 0 Å². The van der Waals surface area contributed by atoms with E-state index in [1.54, 1.807) is 12.1 Å². The van der Waals surface area contributed by atoms with Gasteiger partial charge in [-0.3, -0.25) is 19.7 Å². The predicted octanol–water partition coefficient (Wildman–Crippen LogP) is 2.69. The summed E-state index contributed by atoms with van der Waals surface area (Å²) in [5.41, 5.74) is -1.25. The number of likely N-dealkylation sites (N-methyl/N-ethyl adjacent to an activating group) is 1. The average Bonchev–Trinajstić information content (AvgIpc) is 2.76. The SMILES string of the molecule is CN1C(=O)[C@@](O)(CC(=O)c2ccc([N+](=O)[O-])cc2)c2cc(Cl)ccc21. The van der Waals surface area contributed by atoms with Gasteiger partial charge in [0.05, 0.1) is 17.0 Å². The molecule has 1 atom stereocenters. The number of rotatable bonds is 4. The highest BCUT2D eigenvalue weighted by atomic mass is 35.5. The summed E-state index contributed by atoms with van der Waals surface area (Å²) in [6.45, 7) is 0. The summed E-state index contributed by atoms with van der Waals surface area (Å²) in [5, 5.41) is 21.9. The number of hydrogen-bond acceptors (Lipinski definition) is 5. The Morgan fingerprint density at radius 3 is 2.52 bits per heavy atom. The molecule has 0 radical (unpaired) electrons. The van der Waals surface area contributed by atoms with Gasteiger partial charge in [0.15, 0.2) is 11.4 Å². The second kappa shape index (κ2) is 5.94. The van der Waals surface area contributed by atoms with Crippen LogP contribution in [0.1, 0.15) is 22.3 Å². The molecule has 1 aliphatic rings. The number of carbonyl (C=O) groups excluding carboxylic acids is 2. The van der Waals surface area contributed by atoms with Crippen molar-refractivity contribution in [3.63, 3.8) is 0 Å². The zero-order valence-electron chi connectivity index (χ0n) is 13.1. The number of nitrogens with zero attached hydrogens (tertiary/aromatic N) is 2. The van der Waals surface area contributed by atoms with Crippen LogP contribution in [0.2, 0.25) is 5.02 Å². The van der Waals surface area contributed by atoms with Gasteiger partial charge in [-0.25, -0.2) is 0 Å². The Labute approximate surface area is 147 Å². The summed E-state index contributed by atoms with van der Waals surface area (Å²) >= 11 is 5.96. The molecule has 0 aliphatic carbocycles. The van der Waals surface area contributed by atoms with E-state index >= 15 is 0 Å². The van der Waals surface area contributed by atoms with Crippen molar-refractivity contribution in [1.29, 1.82) is 0 Å². The van der Waals surface area contributed by atoms with E-state index in [9.17, 15) is 24.8 Å². The topological polar surface area (TPSA) is 101 Å². The zero-order valence-corrected chi connectivity index (χ0v) is 13.9. The smallest absolute Gasteiger partial charge is 0.269 e. The first-order chi connectivity index (χ1) is 11.7. The Balaban J connectivity index is 1.94. The molecule has 1 aliphatic heterocycles. The number of benzene rings is 2. The lowest BCUT2D eigenvalue weighted by molar-refractivity contribution is -0.384. The molecule has 0 aromatic heterocycles. The molecule has 0 saturated carbocycles. The summed E-state index contributed by atoms with van der Waals surface area (Å²) < 4.78 is 0. The van der Waals surface area contributed by atoms with E-state index in [2.05, 4.69) is 0 Å². The van der Waals surface area contributed by atoms with Gasteiger partial charge in [0.2, 0.25) is 0 Å². The highest BCUT2D eigenvalue weighted by molar-refractivity contribution is 6.31. The van der Waals surface area contributed by atoms with Crippen molar-refractivity contribution in [2.45, 2.75) is 12.0 Å². The second-order valence-corrected chi connectivity index (χ2v) is 6.23. The minimum atomic E-state index is -2.02. The molecule has 128 valence electrons. The monoisotopic (exact) mass is 360 g/mol. The second-order valence-electron chi connectivity index (χ2n) is 5.79. The zero-order chi connectivity index (χ0) is 18.4. The molecule has 0 bridgehead atoms. The summed E-state index contributed by atoms with van der Waals surface area (Å²) in [4.78, 5) is 36.4. The van der Waals surface area contributed by atoms with Crippen LogP contribution >= 0.6 is 11.6 Å². The number of nitro benzene ring substituents is 1. The van der Waals surface area contributed by atoms with Crippen LogP contribution < -0.4 is 4.90 Å². The Kier molecular flexibility index (Phi) is 4.06. The van der Waals surface area contributed by atoms with Gasteiger partial charge in [-0.1, -0.05) is 11.6 Å². The first-order valence-electron chi connectivity index (χ1n) is 7.32. The van der Waals surface area contributed by atoms with Crippen molar-refractivity contribution >= 4 is 34.7 Å². The van der Waals surface area contributed by atoms with Gasteiger partial charge in [0.1, 0.15) is 0 Å². The Morgan fingerprint density at radius 2 is 1.92 bits per heavy atom. The summed E-state index contributed by atoms with van der Waals surface area (Å²) in [6, 6.07) is 9.65. The van der Waals surface area contributed by atoms with E-state index in [1.165, 1.54) is 42.3 Å². The van der Waals surface area contributed by atoms with Crippen molar-refractivity contribution < 1.29 is 19.6 Å². The van der Waals surface area contributed by atoms with Crippen LogP contribution in [-0.4, -0.2) is 28.8 Å². The number of carbonyl (C=O) groups is 2. The number of non-ortho nitro benzene ring substituents is 1. The van der Waals surface area contributed by atoms with Crippen LogP contribution in [0.5, 0.6) is 0 Å². The van der Waals surface area contributed by atoms with Gasteiger partial charge < -0.3 is 10.0 Å². The first-order valence-corrected chi connectivity index (χ1v) is 7.70. The molecule has 8 heteroatoms. The summed E-state index contributed by atoms with van der Waals surface area (Å²) in [6.07, 6.45) is -0.485. The molecule has 0 spiro atoms. The molecule has 7 nitrogen and oxygen atoms in total. The van der Waals surface area contributed by atoms with Crippen LogP contribution in [0.15, 0.2) is 42.5 Å². The van der Waals surface area contributed by atoms with Crippen molar-refractivity contribution in [2.75, 3.05) is 11.9 Å². The molecular weight excluding hydrogens is 348 g/mol. The minimum Gasteiger partial charge on any atom is -0.375 e. The van der Waals surface area contributed by atoms with Crippen molar-refractivity contribution in [3.05, 3.63) is 68.7 Å². The molecule has 0 saturated heterocycles. The van der Waals surface area contributed by atoms with E-state index in [0.717, 1.165) is 0 Å². The molecule has 25 heavy (non-hydrogen) atoms. The molecule has 1 heterocycles. The fourth-order valence-corrected chi connectivity index (χ4v) is 3.08. The third kappa shape index (κ3) is 2.77. The maximum absolute atomic E-state index is 12.5. The molecule has 0 unspecified atom stereocenters. The van der Waals surface area contributed by atoms with E-state index in [4.69, 9.17) is 11.6 Å². The molecule has 1 N–H and O–H groups in total. The standard InChI is InChI=1S/C17H13ClN2O5/c1-19-14-7-4-11(18)8-13(14)17(23,16(19)22)9-15(21)10-2-5-12(6-3-10)20(24)25/h2-8,23H,9H2,1H3/t17-/m1/s1. The summed E-state index contributed by atoms with van der Waals surface area (Å²) in [5.74, 6) is -1.13. The van der Waals surface area contributed by atoms with E-state index in [1.807, 2.05) is 0 Å². The number of amides is 1. The van der Waals surface area contributed by atoms with Crippen LogP contribution in [0, 0.1) is 10.1 Å². The number of halogens is 1. The van der Waals surface area contributed by atoms with Gasteiger partial charge in [0, 0.05) is 35.3 Å². The normalized spacial score (nSPS) is 19.0. The fourth-order valence-electron chi connectivity index (χ4n) is 2.91. The largest absolute Gasteiger partial charge is 0.375 e. The maximum atomic E-state index is 12.5. The summed E-state index contributed by atoms with van der Waals surface area (Å²) in [7, 11) is 1.50. The third-order valence-corrected chi connectivity index (χ3v) is 4.48. The van der Waals surface area contributed by atoms with Crippen LogP contribution in [0.3, 0.4) is 0 Å². The van der Waals surface area contributed by atoms with Crippen LogP contribution in [-0.2, 0) is 10.4 Å². The Hall–Kier alpha value is -2.77. The van der Waals surface area contributed by atoms with Crippen molar-refractivity contribution in [2.24, 2.45) is 0 Å². The molecule has 2 aromatic rings. The molecule has 3 rings (SSSR count). The lowest BCUT2D eigenvalue weighted by atomic mass is 9.88. The van der Waals surface area contributed by atoms with Crippen LogP contribution in [0.4, 0.5) is 11.4 Å². The lowest BCUT2D eigenvalue weighted by Gasteiger charge is -2.21. The third-order valence-electron chi connectivity index (χ3n) is 4.24. The number of ketones is 1. The van der Waals surface area contributed by atoms with Crippen LogP contribution in [0.25, 0.3) is 0 Å². The minimum absolute atomic E-state index is 0.149. The molecule has 0 fully saturated rings. The number of nitro groups is 1. The Bertz CT molecular complexity index is 896. The number of anilines is 1. The lowest BCUT2D eigenvalue weighted by Crippen LogP contribution is -2.40. The fraction of sp³-hybridized carbons (Fsp3) is 0.176. The van der Waals surface area contributed by atoms with E-state index in [0.29, 0.717) is 10.7 Å². The van der Waals surface area contributed by atoms with E-state index < -0.39 is 28.6 Å². The van der Waals surface area contributed by atoms with Crippen molar-refractivity contribution in [3.8, 4) is 0 Å². The molecule has 2 aromatic carbocycles. The van der Waals surface area contributed by atoms with E-state index in [-0.39, 0.29) is 16.8 Å². The quantitative estimate of drug-likeness (QED) is 0.513. The molecule has 1 amide bonds. The first kappa shape index (κ1) is 17.1. The van der Waals surface area contributed by atoms with Gasteiger partial charge in [-0.2, -0.15) is 0 Å². The van der Waals surface area contributed by atoms with Gasteiger partial charge in [0.25, 0.3) is 11.6 Å². The number of hydrogen-bond donors (Lipinski definition) is 1. The highest BCUT2D eigenvalue weighted by Crippen LogP contribution is 2.43. The number of fused-ring (bicyclic) bond motifs is 1. The maximum Gasteiger partial charge on any atom is 0.269 e. The number of Topliss-reactive ketones (excluding diaryl/α,β-unsaturated/α-hetero) is 1. The predicted molar refractivity (Wildman–Crippen MR) is 90.8 cm³/mol. The number of aliphatic hydroxyl groups is 1. The average molecular weight is 361 g/mol. The van der Waals surface area contributed by atoms with Gasteiger partial charge in [-0.15, -0.1) is 0 Å². The van der Waals surface area contributed by atoms with Gasteiger partial charge in [-0.05, 0) is 30.3 Å². The Morgan fingerprint density at radius 1 is 1.28 bits per heavy atom.